The number of likely N-dealkylation sites (N-methyl/N-ethyl adjacent to an activating group) is 1. The van der Waals surface area contributed by atoms with Gasteiger partial charge in [0.25, 0.3) is 0 Å². The van der Waals surface area contributed by atoms with E-state index < -0.39 is 29.7 Å². The Labute approximate surface area is 221 Å². The predicted octanol–water partition coefficient (Wildman–Crippen LogP) is 5.27. The zero-order chi connectivity index (χ0) is 27.4. The lowest BCUT2D eigenvalue weighted by Gasteiger charge is -2.32. The van der Waals surface area contributed by atoms with E-state index >= 15 is 0 Å². The molecule has 0 aromatic heterocycles. The van der Waals surface area contributed by atoms with Crippen LogP contribution in [-0.4, -0.2) is 48.0 Å². The molecule has 0 saturated heterocycles. The minimum atomic E-state index is -0.930. The van der Waals surface area contributed by atoms with Gasteiger partial charge in [0.2, 0.25) is 11.8 Å². The van der Waals surface area contributed by atoms with Crippen molar-refractivity contribution in [1.29, 1.82) is 0 Å². The minimum absolute atomic E-state index is 0.251. The number of carbonyl (C=O) groups is 3. The van der Waals surface area contributed by atoms with Gasteiger partial charge in [0.1, 0.15) is 17.7 Å². The van der Waals surface area contributed by atoms with Crippen LogP contribution in [0.1, 0.15) is 69.7 Å². The van der Waals surface area contributed by atoms with Gasteiger partial charge in [0.05, 0.1) is 0 Å². The topological polar surface area (TPSA) is 87.7 Å². The van der Waals surface area contributed by atoms with Crippen molar-refractivity contribution >= 4 is 24.0 Å². The van der Waals surface area contributed by atoms with Crippen LogP contribution in [0.3, 0.4) is 0 Å². The number of ether oxygens (including phenoxy) is 1. The molecular weight excluding hydrogens is 466 g/mol. The lowest BCUT2D eigenvalue weighted by atomic mass is 9.99. The van der Waals surface area contributed by atoms with Gasteiger partial charge in [-0.05, 0) is 49.9 Å². The molecule has 0 fully saturated rings. The molecule has 7 heteroatoms. The quantitative estimate of drug-likeness (QED) is 0.383. The van der Waals surface area contributed by atoms with E-state index in [2.05, 4.69) is 24.1 Å². The Morgan fingerprint density at radius 1 is 1.05 bits per heavy atom. The SMILES string of the molecule is C=Cc1cccc(C(C(=O)NCCCCC)N(C)C(=O)C(Cc2ccccc2)NC(=O)OC(C)(C)C)c1. The number of hydrogen-bond donors (Lipinski definition) is 2. The molecule has 0 spiro atoms. The number of carbonyl (C=O) groups excluding carboxylic acids is 3. The maximum atomic E-state index is 13.9. The van der Waals surface area contributed by atoms with E-state index in [1.54, 1.807) is 33.9 Å². The molecule has 7 nitrogen and oxygen atoms in total. The highest BCUT2D eigenvalue weighted by Gasteiger charge is 2.34. The number of benzene rings is 2. The van der Waals surface area contributed by atoms with Crippen LogP contribution < -0.4 is 10.6 Å². The molecule has 2 aromatic carbocycles. The number of hydrogen-bond acceptors (Lipinski definition) is 4. The molecule has 3 amide bonds. The van der Waals surface area contributed by atoms with Gasteiger partial charge in [-0.1, -0.05) is 81.0 Å². The van der Waals surface area contributed by atoms with Crippen LogP contribution in [-0.2, 0) is 20.7 Å². The highest BCUT2D eigenvalue weighted by Crippen LogP contribution is 2.23. The van der Waals surface area contributed by atoms with Gasteiger partial charge in [-0.25, -0.2) is 4.79 Å². The van der Waals surface area contributed by atoms with Crippen LogP contribution in [0.2, 0.25) is 0 Å². The second-order valence-electron chi connectivity index (χ2n) is 10.1. The van der Waals surface area contributed by atoms with Gasteiger partial charge in [-0.15, -0.1) is 0 Å². The van der Waals surface area contributed by atoms with E-state index in [0.29, 0.717) is 12.1 Å². The van der Waals surface area contributed by atoms with Gasteiger partial charge in [0, 0.05) is 20.0 Å². The summed E-state index contributed by atoms with van der Waals surface area (Å²) in [6.45, 7) is 11.7. The zero-order valence-corrected chi connectivity index (χ0v) is 22.8. The van der Waals surface area contributed by atoms with Crippen LogP contribution in [0.25, 0.3) is 6.08 Å². The Morgan fingerprint density at radius 2 is 1.76 bits per heavy atom. The number of alkyl carbamates (subject to hydrolysis) is 1. The summed E-state index contributed by atoms with van der Waals surface area (Å²) >= 11 is 0. The summed E-state index contributed by atoms with van der Waals surface area (Å²) < 4.78 is 5.42. The monoisotopic (exact) mass is 507 g/mol. The maximum absolute atomic E-state index is 13.9. The summed E-state index contributed by atoms with van der Waals surface area (Å²) in [6.07, 6.45) is 4.16. The fourth-order valence-electron chi connectivity index (χ4n) is 3.96. The predicted molar refractivity (Wildman–Crippen MR) is 148 cm³/mol. The number of amides is 3. The van der Waals surface area contributed by atoms with Crippen LogP contribution in [0.4, 0.5) is 4.79 Å². The Balaban J connectivity index is 2.37. The van der Waals surface area contributed by atoms with E-state index in [4.69, 9.17) is 4.74 Å². The summed E-state index contributed by atoms with van der Waals surface area (Å²) in [5, 5.41) is 5.71. The van der Waals surface area contributed by atoms with E-state index in [-0.39, 0.29) is 12.3 Å². The van der Waals surface area contributed by atoms with Gasteiger partial charge >= 0.3 is 6.09 Å². The third-order valence-corrected chi connectivity index (χ3v) is 5.80. The Kier molecular flexibility index (Phi) is 11.4. The third-order valence-electron chi connectivity index (χ3n) is 5.80. The van der Waals surface area contributed by atoms with Crippen LogP contribution in [0.15, 0.2) is 61.2 Å². The standard InChI is InChI=1S/C30H41N3O4/c1-7-9-13-19-31-27(34)26(24-18-14-17-22(8-2)20-24)33(6)28(35)25(21-23-15-11-10-12-16-23)32-29(36)37-30(3,4)5/h8,10-12,14-18,20,25-26H,2,7,9,13,19,21H2,1,3-6H3,(H,31,34)(H,32,36). The molecule has 2 unspecified atom stereocenters. The molecule has 2 N–H and O–H groups in total. The van der Waals surface area contributed by atoms with Crippen LogP contribution >= 0.6 is 0 Å². The molecule has 2 rings (SSSR count). The average molecular weight is 508 g/mol. The first-order valence-corrected chi connectivity index (χ1v) is 12.9. The van der Waals surface area contributed by atoms with Crippen LogP contribution in [0.5, 0.6) is 0 Å². The molecule has 0 heterocycles. The molecule has 2 aromatic rings. The zero-order valence-electron chi connectivity index (χ0n) is 22.8. The van der Waals surface area contributed by atoms with Crippen molar-refractivity contribution in [2.24, 2.45) is 0 Å². The largest absolute Gasteiger partial charge is 0.444 e. The lowest BCUT2D eigenvalue weighted by molar-refractivity contribution is -0.140. The minimum Gasteiger partial charge on any atom is -0.444 e. The molecule has 200 valence electrons. The highest BCUT2D eigenvalue weighted by atomic mass is 16.6. The Hall–Kier alpha value is -3.61. The van der Waals surface area contributed by atoms with Crippen molar-refractivity contribution in [1.82, 2.24) is 15.5 Å². The van der Waals surface area contributed by atoms with Gasteiger partial charge in [0.15, 0.2) is 0 Å². The fraction of sp³-hybridized carbons (Fsp3) is 0.433. The van der Waals surface area contributed by atoms with Crippen molar-refractivity contribution < 1.29 is 19.1 Å². The number of rotatable bonds is 12. The van der Waals surface area contributed by atoms with Crippen LogP contribution in [0, 0.1) is 0 Å². The summed E-state index contributed by atoms with van der Waals surface area (Å²) in [4.78, 5) is 41.3. The van der Waals surface area contributed by atoms with Gasteiger partial charge in [-0.3, -0.25) is 9.59 Å². The molecule has 0 aliphatic rings. The van der Waals surface area contributed by atoms with E-state index in [1.165, 1.54) is 4.90 Å². The molecule has 0 aliphatic heterocycles. The van der Waals surface area contributed by atoms with Crippen molar-refractivity contribution in [3.05, 3.63) is 77.9 Å². The van der Waals surface area contributed by atoms with Crippen molar-refractivity contribution in [3.63, 3.8) is 0 Å². The maximum Gasteiger partial charge on any atom is 0.408 e. The molecule has 0 aliphatic carbocycles. The smallest absolute Gasteiger partial charge is 0.408 e. The molecule has 2 atom stereocenters. The number of nitrogens with one attached hydrogen (secondary N) is 2. The first-order chi connectivity index (χ1) is 17.6. The van der Waals surface area contributed by atoms with Crippen molar-refractivity contribution in [2.75, 3.05) is 13.6 Å². The van der Waals surface area contributed by atoms with Crippen molar-refractivity contribution in [2.45, 2.75) is 71.1 Å². The van der Waals surface area contributed by atoms with E-state index in [9.17, 15) is 14.4 Å². The van der Waals surface area contributed by atoms with E-state index in [0.717, 1.165) is 30.4 Å². The summed E-state index contributed by atoms with van der Waals surface area (Å²) in [5.41, 5.74) is 1.66. The first kappa shape index (κ1) is 29.6. The third kappa shape index (κ3) is 9.75. The Bertz CT molecular complexity index is 1050. The summed E-state index contributed by atoms with van der Waals surface area (Å²) in [6, 6.07) is 15.0. The van der Waals surface area contributed by atoms with Gasteiger partial charge < -0.3 is 20.3 Å². The van der Waals surface area contributed by atoms with E-state index in [1.807, 2.05) is 54.6 Å². The average Bonchev–Trinajstić information content (AvgIpc) is 2.85. The van der Waals surface area contributed by atoms with Gasteiger partial charge in [-0.2, -0.15) is 0 Å². The second kappa shape index (κ2) is 14.2. The fourth-order valence-corrected chi connectivity index (χ4v) is 3.96. The number of nitrogens with zero attached hydrogens (tertiary/aromatic N) is 1. The molecule has 0 radical (unpaired) electrons. The Morgan fingerprint density at radius 3 is 2.38 bits per heavy atom. The first-order valence-electron chi connectivity index (χ1n) is 12.9. The molecular formula is C30H41N3O4. The molecule has 0 bridgehead atoms. The normalized spacial score (nSPS) is 12.7. The highest BCUT2D eigenvalue weighted by molar-refractivity contribution is 5.92. The summed E-state index contributed by atoms with van der Waals surface area (Å²) in [7, 11) is 1.59. The molecule has 0 saturated carbocycles. The molecule has 37 heavy (non-hydrogen) atoms. The second-order valence-corrected chi connectivity index (χ2v) is 10.1. The van der Waals surface area contributed by atoms with Crippen molar-refractivity contribution in [3.8, 4) is 0 Å². The lowest BCUT2D eigenvalue weighted by Crippen LogP contribution is -2.52. The number of unbranched alkanes of at least 4 members (excludes halogenated alkanes) is 2. The summed E-state index contributed by atoms with van der Waals surface area (Å²) in [5.74, 6) is -0.670.